The Kier molecular flexibility index (Phi) is 4.83. The molecule has 0 spiro atoms. The standard InChI is InChI=1S/C16H23N3O2/c1-4-5-7-10-18(12(2)3)15-14(16(20)21)19-11-8-6-9-13(19)17-15/h6,8-9,11-12H,4-5,7,10H2,1-3H3,(H,20,21). The number of nitrogens with zero attached hydrogens (tertiary/aromatic N) is 3. The molecule has 5 nitrogen and oxygen atoms in total. The van der Waals surface area contributed by atoms with Crippen molar-refractivity contribution in [1.29, 1.82) is 0 Å². The lowest BCUT2D eigenvalue weighted by Crippen LogP contribution is -2.33. The normalized spacial score (nSPS) is 11.2. The minimum atomic E-state index is -0.940. The molecule has 0 aliphatic rings. The monoisotopic (exact) mass is 289 g/mol. The van der Waals surface area contributed by atoms with Gasteiger partial charge in [-0.3, -0.25) is 4.40 Å². The number of fused-ring (bicyclic) bond motifs is 1. The van der Waals surface area contributed by atoms with Gasteiger partial charge in [0, 0.05) is 18.8 Å². The molecule has 0 aliphatic carbocycles. The van der Waals surface area contributed by atoms with Gasteiger partial charge < -0.3 is 10.0 Å². The molecule has 0 aliphatic heterocycles. The van der Waals surface area contributed by atoms with Crippen LogP contribution in [0.1, 0.15) is 50.5 Å². The maximum absolute atomic E-state index is 11.7. The molecule has 0 saturated carbocycles. The van der Waals surface area contributed by atoms with E-state index < -0.39 is 5.97 Å². The Hall–Kier alpha value is -2.04. The fourth-order valence-corrected chi connectivity index (χ4v) is 2.52. The van der Waals surface area contributed by atoms with E-state index in [9.17, 15) is 9.90 Å². The lowest BCUT2D eigenvalue weighted by Gasteiger charge is -2.27. The summed E-state index contributed by atoms with van der Waals surface area (Å²) in [7, 11) is 0. The van der Waals surface area contributed by atoms with Crippen LogP contribution in [0.3, 0.4) is 0 Å². The van der Waals surface area contributed by atoms with Crippen LogP contribution in [0.25, 0.3) is 5.65 Å². The summed E-state index contributed by atoms with van der Waals surface area (Å²) in [4.78, 5) is 18.3. The Morgan fingerprint density at radius 2 is 2.14 bits per heavy atom. The molecule has 0 radical (unpaired) electrons. The molecule has 2 aromatic rings. The topological polar surface area (TPSA) is 57.8 Å². The Morgan fingerprint density at radius 3 is 2.76 bits per heavy atom. The summed E-state index contributed by atoms with van der Waals surface area (Å²) in [6.07, 6.45) is 5.07. The molecular formula is C16H23N3O2. The first-order valence-corrected chi connectivity index (χ1v) is 7.53. The van der Waals surface area contributed by atoms with E-state index in [1.807, 2.05) is 18.2 Å². The largest absolute Gasteiger partial charge is 0.476 e. The van der Waals surface area contributed by atoms with E-state index >= 15 is 0 Å². The first kappa shape index (κ1) is 15.4. The summed E-state index contributed by atoms with van der Waals surface area (Å²) in [5, 5.41) is 9.57. The summed E-state index contributed by atoms with van der Waals surface area (Å²) in [5.41, 5.74) is 0.918. The van der Waals surface area contributed by atoms with Crippen LogP contribution >= 0.6 is 0 Å². The van der Waals surface area contributed by atoms with Crippen molar-refractivity contribution in [2.45, 2.75) is 46.1 Å². The number of unbranched alkanes of at least 4 members (excludes halogenated alkanes) is 2. The molecule has 2 rings (SSSR count). The maximum Gasteiger partial charge on any atom is 0.356 e. The molecule has 21 heavy (non-hydrogen) atoms. The first-order valence-electron chi connectivity index (χ1n) is 7.53. The Balaban J connectivity index is 2.46. The van der Waals surface area contributed by atoms with Gasteiger partial charge in [0.15, 0.2) is 11.5 Å². The quantitative estimate of drug-likeness (QED) is 0.793. The molecule has 2 heterocycles. The highest BCUT2D eigenvalue weighted by Crippen LogP contribution is 2.24. The fraction of sp³-hybridized carbons (Fsp3) is 0.500. The van der Waals surface area contributed by atoms with Gasteiger partial charge in [0.1, 0.15) is 5.65 Å². The number of imidazole rings is 1. The van der Waals surface area contributed by atoms with Gasteiger partial charge in [-0.05, 0) is 32.4 Å². The van der Waals surface area contributed by atoms with Crippen molar-refractivity contribution in [1.82, 2.24) is 9.38 Å². The Morgan fingerprint density at radius 1 is 1.38 bits per heavy atom. The molecule has 0 unspecified atom stereocenters. The Labute approximate surface area is 125 Å². The predicted octanol–water partition coefficient (Wildman–Crippen LogP) is 3.44. The molecule has 0 aromatic carbocycles. The number of rotatable bonds is 7. The summed E-state index contributed by atoms with van der Waals surface area (Å²) < 4.78 is 1.65. The zero-order valence-electron chi connectivity index (χ0n) is 12.9. The highest BCUT2D eigenvalue weighted by atomic mass is 16.4. The van der Waals surface area contributed by atoms with Gasteiger partial charge in [-0.25, -0.2) is 9.78 Å². The van der Waals surface area contributed by atoms with Gasteiger partial charge in [0.2, 0.25) is 0 Å². The summed E-state index contributed by atoms with van der Waals surface area (Å²) in [5.74, 6) is -0.371. The molecule has 0 atom stereocenters. The fourth-order valence-electron chi connectivity index (χ4n) is 2.52. The predicted molar refractivity (Wildman–Crippen MR) is 84.2 cm³/mol. The first-order chi connectivity index (χ1) is 10.1. The van der Waals surface area contributed by atoms with Crippen LogP contribution in [0, 0.1) is 0 Å². The number of anilines is 1. The third kappa shape index (κ3) is 3.17. The second kappa shape index (κ2) is 6.61. The number of pyridine rings is 1. The van der Waals surface area contributed by atoms with E-state index in [-0.39, 0.29) is 11.7 Å². The van der Waals surface area contributed by atoms with Crippen LogP contribution in [-0.4, -0.2) is 33.0 Å². The van der Waals surface area contributed by atoms with Crippen LogP contribution in [0.5, 0.6) is 0 Å². The van der Waals surface area contributed by atoms with E-state index in [0.29, 0.717) is 11.5 Å². The number of carboxylic acid groups (broad SMARTS) is 1. The molecule has 114 valence electrons. The van der Waals surface area contributed by atoms with Crippen LogP contribution in [-0.2, 0) is 0 Å². The highest BCUT2D eigenvalue weighted by Gasteiger charge is 2.24. The van der Waals surface area contributed by atoms with E-state index in [4.69, 9.17) is 0 Å². The minimum absolute atomic E-state index is 0.213. The second-order valence-corrected chi connectivity index (χ2v) is 5.51. The number of aromatic carboxylic acids is 1. The lowest BCUT2D eigenvalue weighted by molar-refractivity contribution is 0.0690. The van der Waals surface area contributed by atoms with E-state index in [1.54, 1.807) is 10.6 Å². The van der Waals surface area contributed by atoms with Crippen molar-refractivity contribution >= 4 is 17.4 Å². The smallest absolute Gasteiger partial charge is 0.356 e. The molecule has 0 bridgehead atoms. The van der Waals surface area contributed by atoms with Crippen molar-refractivity contribution in [3.63, 3.8) is 0 Å². The average Bonchev–Trinajstić information content (AvgIpc) is 2.82. The van der Waals surface area contributed by atoms with Crippen molar-refractivity contribution in [3.05, 3.63) is 30.1 Å². The van der Waals surface area contributed by atoms with Crippen LogP contribution < -0.4 is 4.90 Å². The summed E-state index contributed by atoms with van der Waals surface area (Å²) >= 11 is 0. The number of carbonyl (C=O) groups is 1. The average molecular weight is 289 g/mol. The molecular weight excluding hydrogens is 266 g/mol. The van der Waals surface area contributed by atoms with Crippen molar-refractivity contribution in [3.8, 4) is 0 Å². The van der Waals surface area contributed by atoms with E-state index in [0.717, 1.165) is 25.8 Å². The zero-order chi connectivity index (χ0) is 15.4. The van der Waals surface area contributed by atoms with Crippen molar-refractivity contribution in [2.75, 3.05) is 11.4 Å². The number of hydrogen-bond donors (Lipinski definition) is 1. The molecule has 0 amide bonds. The van der Waals surface area contributed by atoms with Gasteiger partial charge in [-0.2, -0.15) is 0 Å². The summed E-state index contributed by atoms with van der Waals surface area (Å²) in [6.45, 7) is 7.13. The van der Waals surface area contributed by atoms with E-state index in [1.165, 1.54) is 0 Å². The third-order valence-electron chi connectivity index (χ3n) is 3.61. The van der Waals surface area contributed by atoms with Gasteiger partial charge >= 0.3 is 5.97 Å². The Bertz CT molecular complexity index is 619. The van der Waals surface area contributed by atoms with Crippen molar-refractivity contribution < 1.29 is 9.90 Å². The highest BCUT2D eigenvalue weighted by molar-refractivity contribution is 5.93. The van der Waals surface area contributed by atoms with Gasteiger partial charge in [0.25, 0.3) is 0 Å². The van der Waals surface area contributed by atoms with Crippen LogP contribution in [0.15, 0.2) is 24.4 Å². The number of hydrogen-bond acceptors (Lipinski definition) is 3. The molecule has 2 aromatic heterocycles. The van der Waals surface area contributed by atoms with Gasteiger partial charge in [-0.1, -0.05) is 25.8 Å². The summed E-state index contributed by atoms with van der Waals surface area (Å²) in [6, 6.07) is 5.74. The van der Waals surface area contributed by atoms with E-state index in [2.05, 4.69) is 30.7 Å². The maximum atomic E-state index is 11.7. The second-order valence-electron chi connectivity index (χ2n) is 5.51. The van der Waals surface area contributed by atoms with Crippen LogP contribution in [0.4, 0.5) is 5.82 Å². The number of carboxylic acids is 1. The minimum Gasteiger partial charge on any atom is -0.476 e. The molecule has 0 fully saturated rings. The van der Waals surface area contributed by atoms with Gasteiger partial charge in [-0.15, -0.1) is 0 Å². The third-order valence-corrected chi connectivity index (χ3v) is 3.61. The lowest BCUT2D eigenvalue weighted by atomic mass is 10.2. The van der Waals surface area contributed by atoms with Crippen molar-refractivity contribution in [2.24, 2.45) is 0 Å². The molecule has 0 saturated heterocycles. The van der Waals surface area contributed by atoms with Crippen LogP contribution in [0.2, 0.25) is 0 Å². The SMILES string of the molecule is CCCCCN(c1nc2ccccn2c1C(=O)O)C(C)C. The number of aromatic nitrogens is 2. The molecule has 1 N–H and O–H groups in total. The zero-order valence-corrected chi connectivity index (χ0v) is 12.9. The molecule has 5 heteroatoms. The van der Waals surface area contributed by atoms with Gasteiger partial charge in [0.05, 0.1) is 0 Å².